The first-order valence-electron chi connectivity index (χ1n) is 7.03. The summed E-state index contributed by atoms with van der Waals surface area (Å²) in [5.74, 6) is -0.440. The first-order chi connectivity index (χ1) is 9.18. The number of hydrogen-bond acceptors (Lipinski definition) is 4. The van der Waals surface area contributed by atoms with Crippen LogP contribution in [0.1, 0.15) is 32.1 Å². The van der Waals surface area contributed by atoms with Crippen LogP contribution >= 0.6 is 11.8 Å². The van der Waals surface area contributed by atoms with Crippen LogP contribution in [-0.2, 0) is 9.59 Å². The Hall–Kier alpha value is -0.750. The fourth-order valence-electron chi connectivity index (χ4n) is 2.72. The van der Waals surface area contributed by atoms with Gasteiger partial charge in [-0.2, -0.15) is 0 Å². The van der Waals surface area contributed by atoms with Crippen molar-refractivity contribution in [1.29, 1.82) is 0 Å². The minimum Gasteiger partial charge on any atom is -0.480 e. The average Bonchev–Trinajstić information content (AvgIpc) is 2.46. The number of piperidine rings is 2. The summed E-state index contributed by atoms with van der Waals surface area (Å²) in [4.78, 5) is 24.9. The standard InChI is InChI=1S/C13H22N2O3S/c16-12(9-19-10-4-6-14-7-5-10)15-8-2-1-3-11(15)13(17)18/h10-11,14H,1-9H2,(H,17,18). The van der Waals surface area contributed by atoms with E-state index in [4.69, 9.17) is 5.11 Å². The summed E-state index contributed by atoms with van der Waals surface area (Å²) in [6, 6.07) is -0.602. The summed E-state index contributed by atoms with van der Waals surface area (Å²) in [5, 5.41) is 13.0. The van der Waals surface area contributed by atoms with E-state index in [0.717, 1.165) is 38.8 Å². The van der Waals surface area contributed by atoms with E-state index in [0.29, 0.717) is 24.0 Å². The molecule has 0 aromatic rings. The quantitative estimate of drug-likeness (QED) is 0.805. The molecule has 2 rings (SSSR count). The molecular weight excluding hydrogens is 264 g/mol. The number of carboxylic acids is 1. The zero-order valence-corrected chi connectivity index (χ0v) is 12.0. The molecule has 1 amide bonds. The highest BCUT2D eigenvalue weighted by Crippen LogP contribution is 2.23. The van der Waals surface area contributed by atoms with Gasteiger partial charge in [0.1, 0.15) is 6.04 Å². The van der Waals surface area contributed by atoms with Gasteiger partial charge in [0.2, 0.25) is 5.91 Å². The largest absolute Gasteiger partial charge is 0.480 e. The lowest BCUT2D eigenvalue weighted by molar-refractivity contribution is -0.150. The first-order valence-corrected chi connectivity index (χ1v) is 8.08. The van der Waals surface area contributed by atoms with Gasteiger partial charge >= 0.3 is 5.97 Å². The smallest absolute Gasteiger partial charge is 0.326 e. The van der Waals surface area contributed by atoms with Gasteiger partial charge in [0.05, 0.1) is 5.75 Å². The molecule has 0 spiro atoms. The van der Waals surface area contributed by atoms with Crippen LogP contribution in [0.5, 0.6) is 0 Å². The number of rotatable bonds is 4. The van der Waals surface area contributed by atoms with Gasteiger partial charge in [-0.1, -0.05) is 0 Å². The van der Waals surface area contributed by atoms with Crippen molar-refractivity contribution < 1.29 is 14.7 Å². The van der Waals surface area contributed by atoms with Gasteiger partial charge in [0, 0.05) is 11.8 Å². The van der Waals surface area contributed by atoms with Gasteiger partial charge in [0.15, 0.2) is 0 Å². The maximum Gasteiger partial charge on any atom is 0.326 e. The monoisotopic (exact) mass is 286 g/mol. The van der Waals surface area contributed by atoms with Gasteiger partial charge in [-0.25, -0.2) is 4.79 Å². The van der Waals surface area contributed by atoms with Crippen LogP contribution in [0.25, 0.3) is 0 Å². The van der Waals surface area contributed by atoms with Crippen LogP contribution in [0.3, 0.4) is 0 Å². The molecule has 0 bridgehead atoms. The predicted molar refractivity (Wildman–Crippen MR) is 75.3 cm³/mol. The van der Waals surface area contributed by atoms with Crippen molar-refractivity contribution in [1.82, 2.24) is 10.2 Å². The number of hydrogen-bond donors (Lipinski definition) is 2. The molecule has 1 unspecified atom stereocenters. The Morgan fingerprint density at radius 2 is 1.95 bits per heavy atom. The molecule has 0 radical (unpaired) electrons. The number of carbonyl (C=O) groups is 2. The Morgan fingerprint density at radius 1 is 1.21 bits per heavy atom. The molecule has 0 aromatic heterocycles. The number of thioether (sulfide) groups is 1. The number of nitrogens with one attached hydrogen (secondary N) is 1. The van der Waals surface area contributed by atoms with E-state index in [1.807, 2.05) is 0 Å². The molecule has 2 fully saturated rings. The second-order valence-corrected chi connectivity index (χ2v) is 6.49. The summed E-state index contributed by atoms with van der Waals surface area (Å²) in [5.41, 5.74) is 0. The van der Waals surface area contributed by atoms with Gasteiger partial charge in [-0.15, -0.1) is 11.8 Å². The van der Waals surface area contributed by atoms with E-state index in [2.05, 4.69) is 5.32 Å². The highest BCUT2D eigenvalue weighted by Gasteiger charge is 2.32. The molecular formula is C13H22N2O3S. The average molecular weight is 286 g/mol. The third-order valence-electron chi connectivity index (χ3n) is 3.84. The maximum absolute atomic E-state index is 12.2. The Kier molecular flexibility index (Phi) is 5.51. The molecule has 108 valence electrons. The summed E-state index contributed by atoms with van der Waals surface area (Å²) >= 11 is 1.69. The van der Waals surface area contributed by atoms with Crippen LogP contribution < -0.4 is 5.32 Å². The van der Waals surface area contributed by atoms with Crippen LogP contribution in [0.15, 0.2) is 0 Å². The third kappa shape index (κ3) is 4.11. The molecule has 1 atom stereocenters. The fourth-order valence-corrected chi connectivity index (χ4v) is 3.83. The van der Waals surface area contributed by atoms with Crippen molar-refractivity contribution in [2.75, 3.05) is 25.4 Å². The Bertz CT molecular complexity index is 332. The minimum absolute atomic E-state index is 0.00404. The summed E-state index contributed by atoms with van der Waals surface area (Å²) in [7, 11) is 0. The fraction of sp³-hybridized carbons (Fsp3) is 0.846. The van der Waals surface area contributed by atoms with Gasteiger partial charge in [0.25, 0.3) is 0 Å². The van der Waals surface area contributed by atoms with E-state index in [-0.39, 0.29) is 5.91 Å². The molecule has 5 nitrogen and oxygen atoms in total. The summed E-state index contributed by atoms with van der Waals surface area (Å²) in [6.45, 7) is 2.64. The molecule has 2 N–H and O–H groups in total. The second kappa shape index (κ2) is 7.14. The zero-order chi connectivity index (χ0) is 13.7. The van der Waals surface area contributed by atoms with Gasteiger partial charge < -0.3 is 15.3 Å². The summed E-state index contributed by atoms with van der Waals surface area (Å²) in [6.07, 6.45) is 4.62. The second-order valence-electron chi connectivity index (χ2n) is 5.20. The molecule has 6 heteroatoms. The number of carboxylic acid groups (broad SMARTS) is 1. The van der Waals surface area contributed by atoms with Crippen molar-refractivity contribution in [3.63, 3.8) is 0 Å². The molecule has 2 saturated heterocycles. The lowest BCUT2D eigenvalue weighted by atomic mass is 10.0. The lowest BCUT2D eigenvalue weighted by Gasteiger charge is -2.33. The number of amides is 1. The van der Waals surface area contributed by atoms with E-state index < -0.39 is 12.0 Å². The topological polar surface area (TPSA) is 69.6 Å². The van der Waals surface area contributed by atoms with E-state index in [9.17, 15) is 9.59 Å². The molecule has 2 aliphatic rings. The van der Waals surface area contributed by atoms with Crippen molar-refractivity contribution in [2.45, 2.75) is 43.4 Å². The third-order valence-corrected chi connectivity index (χ3v) is 5.19. The lowest BCUT2D eigenvalue weighted by Crippen LogP contribution is -2.48. The van der Waals surface area contributed by atoms with Gasteiger partial charge in [-0.05, 0) is 45.2 Å². The zero-order valence-electron chi connectivity index (χ0n) is 11.1. The SMILES string of the molecule is O=C(O)C1CCCCN1C(=O)CSC1CCNCC1. The predicted octanol–water partition coefficient (Wildman–Crippen LogP) is 0.937. The van der Waals surface area contributed by atoms with Crippen LogP contribution in [0, 0.1) is 0 Å². The number of nitrogens with zero attached hydrogens (tertiary/aromatic N) is 1. The van der Waals surface area contributed by atoms with E-state index in [1.54, 1.807) is 16.7 Å². The first kappa shape index (κ1) is 14.7. The molecule has 2 aliphatic heterocycles. The molecule has 19 heavy (non-hydrogen) atoms. The van der Waals surface area contributed by atoms with Gasteiger partial charge in [-0.3, -0.25) is 4.79 Å². The Labute approximate surface area is 118 Å². The Morgan fingerprint density at radius 3 is 2.63 bits per heavy atom. The molecule has 0 saturated carbocycles. The number of likely N-dealkylation sites (tertiary alicyclic amines) is 1. The maximum atomic E-state index is 12.2. The van der Waals surface area contributed by atoms with E-state index in [1.165, 1.54) is 0 Å². The minimum atomic E-state index is -0.861. The van der Waals surface area contributed by atoms with E-state index >= 15 is 0 Å². The number of carbonyl (C=O) groups excluding carboxylic acids is 1. The number of aliphatic carboxylic acids is 1. The van der Waals surface area contributed by atoms with Crippen LogP contribution in [0.4, 0.5) is 0 Å². The van der Waals surface area contributed by atoms with Crippen molar-refractivity contribution >= 4 is 23.6 Å². The summed E-state index contributed by atoms with van der Waals surface area (Å²) < 4.78 is 0. The normalized spacial score (nSPS) is 25.3. The molecule has 2 heterocycles. The van der Waals surface area contributed by atoms with Crippen molar-refractivity contribution in [3.8, 4) is 0 Å². The molecule has 0 aromatic carbocycles. The van der Waals surface area contributed by atoms with Crippen LogP contribution in [0.2, 0.25) is 0 Å². The molecule has 0 aliphatic carbocycles. The van der Waals surface area contributed by atoms with Crippen molar-refractivity contribution in [3.05, 3.63) is 0 Å². The highest BCUT2D eigenvalue weighted by molar-refractivity contribution is 8.00. The van der Waals surface area contributed by atoms with Crippen LogP contribution in [-0.4, -0.2) is 58.6 Å². The highest BCUT2D eigenvalue weighted by atomic mass is 32.2. The van der Waals surface area contributed by atoms with Crippen molar-refractivity contribution in [2.24, 2.45) is 0 Å². The Balaban J connectivity index is 1.81.